The first kappa shape index (κ1) is 13.0. The fourth-order valence-electron chi connectivity index (χ4n) is 2.51. The van der Waals surface area contributed by atoms with Gasteiger partial charge in [-0.3, -0.25) is 0 Å². The highest BCUT2D eigenvalue weighted by molar-refractivity contribution is 6.30. The summed E-state index contributed by atoms with van der Waals surface area (Å²) in [5, 5.41) is 16.5. The topological polar surface area (TPSA) is 47.9 Å². The molecule has 2 N–H and O–H groups in total. The molecule has 3 nitrogen and oxygen atoms in total. The molecule has 2 aromatic carbocycles. The van der Waals surface area contributed by atoms with E-state index in [9.17, 15) is 5.26 Å². The molecule has 0 fully saturated rings. The Labute approximate surface area is 123 Å². The highest BCUT2D eigenvalue weighted by Crippen LogP contribution is 2.29. The third-order valence-electron chi connectivity index (χ3n) is 3.51. The average Bonchev–Trinajstić information content (AvgIpc) is 2.48. The lowest BCUT2D eigenvalue weighted by atomic mass is 9.99. The van der Waals surface area contributed by atoms with Gasteiger partial charge in [0, 0.05) is 17.3 Å². The van der Waals surface area contributed by atoms with E-state index in [-0.39, 0.29) is 0 Å². The number of fused-ring (bicyclic) bond motifs is 1. The Balaban J connectivity index is 2.00. The van der Waals surface area contributed by atoms with Crippen molar-refractivity contribution in [1.82, 2.24) is 5.32 Å². The zero-order valence-electron chi connectivity index (χ0n) is 10.9. The predicted octanol–water partition coefficient (Wildman–Crippen LogP) is 3.60. The van der Waals surface area contributed by atoms with Crippen LogP contribution in [-0.2, 0) is 13.0 Å². The number of nitrogens with zero attached hydrogens (tertiary/aromatic N) is 1. The maximum Gasteiger partial charge on any atom is 0.101 e. The van der Waals surface area contributed by atoms with Gasteiger partial charge >= 0.3 is 0 Å². The molecule has 3 rings (SSSR count). The molecule has 0 atom stereocenters. The molecule has 1 aliphatic rings. The van der Waals surface area contributed by atoms with Crippen LogP contribution in [0, 0.1) is 11.3 Å². The Hall–Kier alpha value is -2.02. The summed E-state index contributed by atoms with van der Waals surface area (Å²) in [6.45, 7) is 1.87. The van der Waals surface area contributed by atoms with Gasteiger partial charge in [0.1, 0.15) is 6.07 Å². The van der Waals surface area contributed by atoms with Gasteiger partial charge in [-0.15, -0.1) is 0 Å². The summed E-state index contributed by atoms with van der Waals surface area (Å²) in [6.07, 6.45) is 0.987. The first-order valence-corrected chi connectivity index (χ1v) is 6.94. The minimum Gasteiger partial charge on any atom is -0.354 e. The number of hydrogen-bond donors (Lipinski definition) is 2. The Morgan fingerprint density at radius 1 is 1.20 bits per heavy atom. The average molecular weight is 284 g/mol. The van der Waals surface area contributed by atoms with Gasteiger partial charge in [-0.1, -0.05) is 23.7 Å². The van der Waals surface area contributed by atoms with E-state index < -0.39 is 0 Å². The van der Waals surface area contributed by atoms with Gasteiger partial charge in [-0.25, -0.2) is 0 Å². The minimum absolute atomic E-state index is 0.598. The number of hydrogen-bond acceptors (Lipinski definition) is 3. The lowest BCUT2D eigenvalue weighted by molar-refractivity contribution is 0.645. The lowest BCUT2D eigenvalue weighted by Crippen LogP contribution is -2.24. The maximum atomic E-state index is 9.18. The van der Waals surface area contributed by atoms with Crippen LogP contribution in [0.1, 0.15) is 16.7 Å². The molecule has 0 radical (unpaired) electrons. The van der Waals surface area contributed by atoms with Crippen LogP contribution >= 0.6 is 11.6 Å². The van der Waals surface area contributed by atoms with E-state index in [1.807, 2.05) is 12.1 Å². The van der Waals surface area contributed by atoms with Gasteiger partial charge < -0.3 is 10.6 Å². The van der Waals surface area contributed by atoms with Crippen molar-refractivity contribution in [3.8, 4) is 6.07 Å². The van der Waals surface area contributed by atoms with Crippen LogP contribution in [0.25, 0.3) is 0 Å². The Morgan fingerprint density at radius 2 is 2.10 bits per heavy atom. The quantitative estimate of drug-likeness (QED) is 0.885. The van der Waals surface area contributed by atoms with Crippen molar-refractivity contribution < 1.29 is 0 Å². The van der Waals surface area contributed by atoms with Crippen molar-refractivity contribution in [1.29, 1.82) is 5.26 Å². The Kier molecular flexibility index (Phi) is 3.60. The molecule has 0 spiro atoms. The molecule has 0 saturated heterocycles. The van der Waals surface area contributed by atoms with Crippen molar-refractivity contribution in [3.63, 3.8) is 0 Å². The number of rotatable bonds is 2. The van der Waals surface area contributed by atoms with E-state index >= 15 is 0 Å². The van der Waals surface area contributed by atoms with Crippen molar-refractivity contribution in [2.24, 2.45) is 0 Å². The molecule has 2 aromatic rings. The fraction of sp³-hybridized carbons (Fsp3) is 0.188. The van der Waals surface area contributed by atoms with Crippen LogP contribution in [0.5, 0.6) is 0 Å². The number of anilines is 2. The molecular weight excluding hydrogens is 270 g/mol. The maximum absolute atomic E-state index is 9.18. The number of halogens is 1. The smallest absolute Gasteiger partial charge is 0.101 e. The van der Waals surface area contributed by atoms with Crippen molar-refractivity contribution in [2.75, 3.05) is 11.9 Å². The molecule has 0 amide bonds. The van der Waals surface area contributed by atoms with Crippen LogP contribution in [0.2, 0.25) is 5.02 Å². The molecule has 0 unspecified atom stereocenters. The largest absolute Gasteiger partial charge is 0.354 e. The van der Waals surface area contributed by atoms with Crippen LogP contribution in [0.15, 0.2) is 36.4 Å². The normalized spacial score (nSPS) is 13.4. The summed E-state index contributed by atoms with van der Waals surface area (Å²) >= 11 is 6.02. The van der Waals surface area contributed by atoms with Crippen LogP contribution in [0.4, 0.5) is 11.4 Å². The number of nitriles is 1. The zero-order chi connectivity index (χ0) is 13.9. The summed E-state index contributed by atoms with van der Waals surface area (Å²) in [5.41, 5.74) is 5.03. The van der Waals surface area contributed by atoms with Gasteiger partial charge in [0.15, 0.2) is 0 Å². The van der Waals surface area contributed by atoms with Gasteiger partial charge in [0.25, 0.3) is 0 Å². The second-order valence-electron chi connectivity index (χ2n) is 4.80. The minimum atomic E-state index is 0.598. The summed E-state index contributed by atoms with van der Waals surface area (Å²) in [4.78, 5) is 0. The van der Waals surface area contributed by atoms with Gasteiger partial charge in [-0.2, -0.15) is 5.26 Å². The first-order valence-electron chi connectivity index (χ1n) is 6.56. The second kappa shape index (κ2) is 5.54. The summed E-state index contributed by atoms with van der Waals surface area (Å²) in [7, 11) is 0. The van der Waals surface area contributed by atoms with E-state index in [2.05, 4.69) is 22.8 Å². The molecule has 20 heavy (non-hydrogen) atoms. The molecule has 1 aliphatic heterocycles. The third kappa shape index (κ3) is 2.49. The number of benzene rings is 2. The van der Waals surface area contributed by atoms with E-state index in [0.29, 0.717) is 10.6 Å². The van der Waals surface area contributed by atoms with Crippen LogP contribution < -0.4 is 10.6 Å². The zero-order valence-corrected chi connectivity index (χ0v) is 11.7. The van der Waals surface area contributed by atoms with Crippen LogP contribution in [0.3, 0.4) is 0 Å². The van der Waals surface area contributed by atoms with Gasteiger partial charge in [-0.05, 0) is 48.4 Å². The summed E-state index contributed by atoms with van der Waals surface area (Å²) in [6, 6.07) is 13.7. The number of nitrogens with one attached hydrogen (secondary N) is 2. The highest BCUT2D eigenvalue weighted by Gasteiger charge is 2.13. The fourth-order valence-corrected chi connectivity index (χ4v) is 2.68. The van der Waals surface area contributed by atoms with Crippen molar-refractivity contribution >= 4 is 23.0 Å². The van der Waals surface area contributed by atoms with E-state index in [0.717, 1.165) is 30.9 Å². The predicted molar refractivity (Wildman–Crippen MR) is 81.3 cm³/mol. The van der Waals surface area contributed by atoms with Gasteiger partial charge in [0.2, 0.25) is 0 Å². The van der Waals surface area contributed by atoms with Crippen molar-refractivity contribution in [2.45, 2.75) is 13.0 Å². The van der Waals surface area contributed by atoms with Crippen molar-refractivity contribution in [3.05, 3.63) is 58.1 Å². The molecular formula is C16H14ClN3. The molecule has 4 heteroatoms. The molecule has 1 heterocycles. The molecule has 0 aliphatic carbocycles. The molecule has 0 saturated carbocycles. The summed E-state index contributed by atoms with van der Waals surface area (Å²) in [5.74, 6) is 0. The lowest BCUT2D eigenvalue weighted by Gasteiger charge is -2.21. The first-order chi connectivity index (χ1) is 9.78. The Bertz CT molecular complexity index is 689. The van der Waals surface area contributed by atoms with E-state index in [1.54, 1.807) is 18.2 Å². The SMILES string of the molecule is N#Cc1ccc(Cl)cc1Nc1cccc2c1CCNC2. The third-order valence-corrected chi connectivity index (χ3v) is 3.75. The molecule has 100 valence electrons. The molecule has 0 bridgehead atoms. The second-order valence-corrected chi connectivity index (χ2v) is 5.23. The summed E-state index contributed by atoms with van der Waals surface area (Å²) < 4.78 is 0. The standard InChI is InChI=1S/C16H14ClN3/c17-13-5-4-11(9-18)16(8-13)20-15-3-1-2-12-10-19-7-6-14(12)15/h1-5,8,19-20H,6-7,10H2. The van der Waals surface area contributed by atoms with Crippen LogP contribution in [-0.4, -0.2) is 6.54 Å². The van der Waals surface area contributed by atoms with Gasteiger partial charge in [0.05, 0.1) is 11.3 Å². The molecule has 0 aromatic heterocycles. The highest BCUT2D eigenvalue weighted by atomic mass is 35.5. The monoisotopic (exact) mass is 283 g/mol. The Morgan fingerprint density at radius 3 is 2.95 bits per heavy atom. The van der Waals surface area contributed by atoms with E-state index in [1.165, 1.54) is 11.1 Å². The van der Waals surface area contributed by atoms with E-state index in [4.69, 9.17) is 11.6 Å².